The summed E-state index contributed by atoms with van der Waals surface area (Å²) in [6.45, 7) is -0.0300. The Labute approximate surface area is 201 Å². The van der Waals surface area contributed by atoms with Gasteiger partial charge in [0.1, 0.15) is 11.4 Å². The second-order valence-electron chi connectivity index (χ2n) is 8.21. The molecule has 0 saturated carbocycles. The fourth-order valence-electron chi connectivity index (χ4n) is 3.56. The van der Waals surface area contributed by atoms with Gasteiger partial charge in [-0.1, -0.05) is 12.1 Å². The number of halogens is 1. The number of aliphatic hydroxyl groups is 2. The van der Waals surface area contributed by atoms with Crippen molar-refractivity contribution in [2.45, 2.75) is 25.6 Å². The second-order valence-corrected chi connectivity index (χ2v) is 10.3. The van der Waals surface area contributed by atoms with Crippen molar-refractivity contribution in [3.63, 3.8) is 0 Å². The smallest absolute Gasteiger partial charge is 0.261 e. The minimum atomic E-state index is -3.43. The number of aliphatic hydroxyl groups excluding tert-OH is 1. The second kappa shape index (κ2) is 11.0. The predicted octanol–water partition coefficient (Wildman–Crippen LogP) is 0.517. The van der Waals surface area contributed by atoms with Gasteiger partial charge >= 0.3 is 0 Å². The molecule has 3 aromatic rings. The highest BCUT2D eigenvalue weighted by atomic mass is 32.2. The molecular formula is C23H27FN4O6S. The molecular weight excluding hydrogens is 479 g/mol. The number of hydrogen-bond donors (Lipinski definition) is 4. The molecule has 0 bridgehead atoms. The van der Waals surface area contributed by atoms with Crippen LogP contribution in [0, 0.1) is 5.82 Å². The number of benzene rings is 1. The van der Waals surface area contributed by atoms with Crippen LogP contribution in [0.5, 0.6) is 0 Å². The molecule has 0 aliphatic carbocycles. The average molecular weight is 507 g/mol. The molecule has 1 amide bonds. The highest BCUT2D eigenvalue weighted by Gasteiger charge is 2.21. The molecule has 0 atom stereocenters. The summed E-state index contributed by atoms with van der Waals surface area (Å²) in [7, 11) is -2.06. The van der Waals surface area contributed by atoms with Crippen molar-refractivity contribution >= 4 is 27.0 Å². The lowest BCUT2D eigenvalue weighted by molar-refractivity contribution is -0.0446. The van der Waals surface area contributed by atoms with E-state index in [1.807, 2.05) is 0 Å². The highest BCUT2D eigenvalue weighted by molar-refractivity contribution is 7.88. The van der Waals surface area contributed by atoms with E-state index in [9.17, 15) is 32.6 Å². The summed E-state index contributed by atoms with van der Waals surface area (Å²) < 4.78 is 37.3. The fraction of sp³-hybridized carbons (Fsp3) is 0.348. The van der Waals surface area contributed by atoms with Gasteiger partial charge in [-0.3, -0.25) is 14.6 Å². The number of nitrogens with one attached hydrogen (secondary N) is 2. The normalized spacial score (nSPS) is 12.0. The summed E-state index contributed by atoms with van der Waals surface area (Å²) in [5.74, 6) is -1.08. The van der Waals surface area contributed by atoms with Gasteiger partial charge in [0.2, 0.25) is 10.0 Å². The number of nitrogens with zero attached hydrogens (tertiary/aromatic N) is 2. The number of H-pyrrole nitrogens is 1. The number of aryl methyl sites for hydroxylation is 1. The van der Waals surface area contributed by atoms with Crippen LogP contribution >= 0.6 is 0 Å². The lowest BCUT2D eigenvalue weighted by Gasteiger charge is -2.16. The Morgan fingerprint density at radius 2 is 1.91 bits per heavy atom. The summed E-state index contributed by atoms with van der Waals surface area (Å²) in [6.07, 6.45) is 1.26. The van der Waals surface area contributed by atoms with Crippen molar-refractivity contribution in [3.8, 4) is 0 Å². The first-order valence-electron chi connectivity index (χ1n) is 10.8. The van der Waals surface area contributed by atoms with Crippen molar-refractivity contribution < 1.29 is 27.8 Å². The molecule has 35 heavy (non-hydrogen) atoms. The van der Waals surface area contributed by atoms with Crippen LogP contribution in [0.25, 0.3) is 11.0 Å². The van der Waals surface area contributed by atoms with E-state index in [4.69, 9.17) is 0 Å². The Bertz CT molecular complexity index is 1370. The maximum atomic E-state index is 13.2. The zero-order chi connectivity index (χ0) is 25.8. The first-order chi connectivity index (χ1) is 16.5. The number of carbonyl (C=O) groups is 1. The predicted molar refractivity (Wildman–Crippen MR) is 128 cm³/mol. The maximum absolute atomic E-state index is 13.2. The molecule has 4 N–H and O–H groups in total. The number of amides is 1. The van der Waals surface area contributed by atoms with Crippen LogP contribution in [-0.2, 0) is 22.9 Å². The molecule has 0 aliphatic rings. The molecule has 3 rings (SSSR count). The first kappa shape index (κ1) is 26.4. The van der Waals surface area contributed by atoms with Crippen molar-refractivity contribution in [1.82, 2.24) is 19.6 Å². The molecule has 0 fully saturated rings. The molecule has 1 aromatic carbocycles. The highest BCUT2D eigenvalue weighted by Crippen LogP contribution is 2.21. The number of hydrogen-bond acceptors (Lipinski definition) is 7. The lowest BCUT2D eigenvalue weighted by Crippen LogP contribution is -2.38. The Morgan fingerprint density at radius 3 is 2.54 bits per heavy atom. The molecule has 0 spiro atoms. The summed E-state index contributed by atoms with van der Waals surface area (Å²) in [5.41, 5.74) is 1.62. The van der Waals surface area contributed by atoms with E-state index in [1.54, 1.807) is 24.4 Å². The molecule has 0 radical (unpaired) electrons. The van der Waals surface area contributed by atoms with E-state index >= 15 is 0 Å². The van der Waals surface area contributed by atoms with Gasteiger partial charge in [-0.15, -0.1) is 0 Å². The van der Waals surface area contributed by atoms with Gasteiger partial charge in [0.15, 0.2) is 6.29 Å². The third kappa shape index (κ3) is 6.92. The number of pyridine rings is 2. The van der Waals surface area contributed by atoms with Crippen LogP contribution in [0.15, 0.2) is 41.3 Å². The van der Waals surface area contributed by atoms with Crippen LogP contribution in [0.4, 0.5) is 4.39 Å². The van der Waals surface area contributed by atoms with Gasteiger partial charge in [-0.2, -0.15) is 0 Å². The molecule has 188 valence electrons. The summed E-state index contributed by atoms with van der Waals surface area (Å²) in [4.78, 5) is 32.8. The van der Waals surface area contributed by atoms with E-state index < -0.39 is 27.8 Å². The molecule has 0 unspecified atom stereocenters. The van der Waals surface area contributed by atoms with Gasteiger partial charge in [0.05, 0.1) is 17.3 Å². The van der Waals surface area contributed by atoms with Crippen molar-refractivity contribution in [3.05, 3.63) is 75.0 Å². The Morgan fingerprint density at radius 1 is 1.23 bits per heavy atom. The zero-order valence-corrected chi connectivity index (χ0v) is 20.1. The van der Waals surface area contributed by atoms with Crippen LogP contribution in [0.2, 0.25) is 0 Å². The Hall–Kier alpha value is -3.19. The fourth-order valence-corrected chi connectivity index (χ4v) is 3.98. The number of sulfonamides is 1. The standard InChI is InChI=1S/C23H27FN4O6S/c1-28(35(2,33)34)10-9-25-22(31)20-17(7-8-19(29)30)21-18(27-23(20)32)12-15(13-26-21)11-14-3-5-16(24)6-4-14/h3-6,12-13,19,29-30H,7-11H2,1-2H3,(H,25,31)(H,27,32). The third-order valence-corrected chi connectivity index (χ3v) is 6.80. The molecule has 2 aromatic heterocycles. The number of rotatable bonds is 10. The van der Waals surface area contributed by atoms with E-state index in [2.05, 4.69) is 15.3 Å². The van der Waals surface area contributed by atoms with Crippen molar-refractivity contribution in [1.29, 1.82) is 0 Å². The van der Waals surface area contributed by atoms with E-state index in [1.165, 1.54) is 19.2 Å². The third-order valence-electron chi connectivity index (χ3n) is 5.49. The largest absolute Gasteiger partial charge is 0.368 e. The van der Waals surface area contributed by atoms with Crippen LogP contribution in [0.1, 0.15) is 33.5 Å². The zero-order valence-electron chi connectivity index (χ0n) is 19.3. The Kier molecular flexibility index (Phi) is 8.33. The van der Waals surface area contributed by atoms with E-state index in [0.717, 1.165) is 21.7 Å². The number of fused-ring (bicyclic) bond motifs is 1. The van der Waals surface area contributed by atoms with Crippen LogP contribution < -0.4 is 10.9 Å². The molecule has 0 aliphatic heterocycles. The summed E-state index contributed by atoms with van der Waals surface area (Å²) in [6, 6.07) is 7.69. The minimum Gasteiger partial charge on any atom is -0.368 e. The molecule has 2 heterocycles. The molecule has 10 nitrogen and oxygen atoms in total. The molecule has 12 heteroatoms. The summed E-state index contributed by atoms with van der Waals surface area (Å²) >= 11 is 0. The maximum Gasteiger partial charge on any atom is 0.261 e. The number of aromatic amines is 1. The van der Waals surface area contributed by atoms with Gasteiger partial charge in [-0.25, -0.2) is 17.1 Å². The monoisotopic (exact) mass is 506 g/mol. The average Bonchev–Trinajstić information content (AvgIpc) is 2.77. The van der Waals surface area contributed by atoms with Crippen molar-refractivity contribution in [2.24, 2.45) is 0 Å². The van der Waals surface area contributed by atoms with E-state index in [-0.39, 0.29) is 42.9 Å². The van der Waals surface area contributed by atoms with Gasteiger partial charge in [0, 0.05) is 32.8 Å². The first-order valence-corrected chi connectivity index (χ1v) is 12.6. The topological polar surface area (TPSA) is 153 Å². The van der Waals surface area contributed by atoms with E-state index in [0.29, 0.717) is 17.5 Å². The van der Waals surface area contributed by atoms with Gasteiger partial charge in [-0.05, 0) is 47.7 Å². The molecule has 0 saturated heterocycles. The Balaban J connectivity index is 1.93. The lowest BCUT2D eigenvalue weighted by atomic mass is 10.00. The number of aromatic nitrogens is 2. The number of carbonyl (C=O) groups excluding carboxylic acids is 1. The van der Waals surface area contributed by atoms with Crippen LogP contribution in [0.3, 0.4) is 0 Å². The SMILES string of the molecule is CN(CCNC(=O)c1c(CCC(O)O)c2ncc(Cc3ccc(F)cc3)cc2[nH]c1=O)S(C)(=O)=O. The van der Waals surface area contributed by atoms with Gasteiger partial charge in [0.25, 0.3) is 11.5 Å². The summed E-state index contributed by atoms with van der Waals surface area (Å²) in [5, 5.41) is 21.2. The quantitative estimate of drug-likeness (QED) is 0.293. The van der Waals surface area contributed by atoms with Crippen molar-refractivity contribution in [2.75, 3.05) is 26.4 Å². The number of likely N-dealkylation sites (N-methyl/N-ethyl adjacent to an activating group) is 1. The van der Waals surface area contributed by atoms with Crippen LogP contribution in [-0.4, -0.2) is 71.5 Å². The minimum absolute atomic E-state index is 0.00556. The van der Waals surface area contributed by atoms with Gasteiger partial charge < -0.3 is 20.5 Å².